The van der Waals surface area contributed by atoms with E-state index in [2.05, 4.69) is 17.6 Å². The molecular formula is C5H4N3O4S. The average Bonchev–Trinajstić information content (AvgIpc) is 1.99. The molecule has 0 unspecified atom stereocenters. The summed E-state index contributed by atoms with van der Waals surface area (Å²) >= 11 is 4.54. The summed E-state index contributed by atoms with van der Waals surface area (Å²) in [5.74, 6) is -1.19. The summed E-state index contributed by atoms with van der Waals surface area (Å²) < 4.78 is 0.807. The van der Waals surface area contributed by atoms with Crippen LogP contribution in [0.3, 0.4) is 0 Å². The lowest BCUT2D eigenvalue weighted by molar-refractivity contribution is -0.138. The molecule has 1 aromatic rings. The van der Waals surface area contributed by atoms with Crippen LogP contribution in [-0.2, 0) is 11.3 Å². The van der Waals surface area contributed by atoms with Crippen LogP contribution in [0.5, 0.6) is 0 Å². The van der Waals surface area contributed by atoms with Crippen molar-refractivity contribution >= 4 is 18.6 Å². The predicted molar refractivity (Wildman–Crippen MR) is 42.6 cm³/mol. The minimum atomic E-state index is -1.19. The number of aromatic amines is 1. The van der Waals surface area contributed by atoms with Crippen molar-refractivity contribution in [2.45, 2.75) is 11.7 Å². The summed E-state index contributed by atoms with van der Waals surface area (Å²) in [6.45, 7) is -0.526. The maximum Gasteiger partial charge on any atom is 0.339 e. The fourth-order valence-corrected chi connectivity index (χ4v) is 0.852. The van der Waals surface area contributed by atoms with Crippen molar-refractivity contribution in [1.29, 1.82) is 0 Å². The zero-order valence-corrected chi connectivity index (χ0v) is 7.00. The highest BCUT2D eigenvalue weighted by Gasteiger charge is 2.06. The molecule has 13 heavy (non-hydrogen) atoms. The van der Waals surface area contributed by atoms with E-state index in [1.807, 2.05) is 5.10 Å². The first-order chi connectivity index (χ1) is 6.00. The predicted octanol–water partition coefficient (Wildman–Crippen LogP) is -1.43. The average molecular weight is 202 g/mol. The fourth-order valence-electron chi connectivity index (χ4n) is 0.659. The van der Waals surface area contributed by atoms with E-state index in [1.54, 1.807) is 0 Å². The van der Waals surface area contributed by atoms with Gasteiger partial charge in [-0.15, -0.1) is 0 Å². The van der Waals surface area contributed by atoms with Crippen LogP contribution in [0, 0.1) is 0 Å². The van der Waals surface area contributed by atoms with E-state index in [9.17, 15) is 14.4 Å². The van der Waals surface area contributed by atoms with E-state index >= 15 is 0 Å². The van der Waals surface area contributed by atoms with Crippen LogP contribution in [0.1, 0.15) is 0 Å². The van der Waals surface area contributed by atoms with E-state index < -0.39 is 23.6 Å². The first kappa shape index (κ1) is 9.39. The second-order valence-electron chi connectivity index (χ2n) is 2.12. The van der Waals surface area contributed by atoms with Crippen molar-refractivity contribution < 1.29 is 9.90 Å². The molecular weight excluding hydrogens is 198 g/mol. The van der Waals surface area contributed by atoms with Gasteiger partial charge in [0.15, 0.2) is 0 Å². The summed E-state index contributed by atoms with van der Waals surface area (Å²) in [6.07, 6.45) is 0. The van der Waals surface area contributed by atoms with Crippen molar-refractivity contribution in [1.82, 2.24) is 14.8 Å². The van der Waals surface area contributed by atoms with Gasteiger partial charge < -0.3 is 5.11 Å². The number of hydrogen-bond acceptors (Lipinski definition) is 4. The van der Waals surface area contributed by atoms with Gasteiger partial charge in [-0.2, -0.15) is 4.98 Å². The van der Waals surface area contributed by atoms with Gasteiger partial charge >= 0.3 is 17.1 Å². The van der Waals surface area contributed by atoms with E-state index in [1.165, 1.54) is 0 Å². The lowest BCUT2D eigenvalue weighted by atomic mass is 10.7. The van der Waals surface area contributed by atoms with Crippen LogP contribution in [0.4, 0.5) is 0 Å². The topological polar surface area (TPSA) is 105 Å². The number of aliphatic carboxylic acids is 1. The van der Waals surface area contributed by atoms with Crippen molar-refractivity contribution in [2.75, 3.05) is 0 Å². The summed E-state index contributed by atoms with van der Waals surface area (Å²) in [4.78, 5) is 34.6. The Labute approximate surface area is 76.4 Å². The SMILES string of the molecule is O=C(O)Cn1[nH]c(=O)c(=O)nc1[S]. The second-order valence-corrected chi connectivity index (χ2v) is 2.49. The highest BCUT2D eigenvalue weighted by Crippen LogP contribution is 1.93. The van der Waals surface area contributed by atoms with Gasteiger partial charge in [-0.25, -0.2) is 4.68 Å². The van der Waals surface area contributed by atoms with E-state index in [0.717, 1.165) is 4.68 Å². The van der Waals surface area contributed by atoms with Crippen LogP contribution in [0.25, 0.3) is 0 Å². The molecule has 8 heteroatoms. The Bertz CT molecular complexity index is 448. The van der Waals surface area contributed by atoms with Gasteiger partial charge in [-0.3, -0.25) is 19.5 Å². The smallest absolute Gasteiger partial charge is 0.339 e. The quantitative estimate of drug-likeness (QED) is 0.572. The Morgan fingerprint density at radius 1 is 1.62 bits per heavy atom. The monoisotopic (exact) mass is 202 g/mol. The van der Waals surface area contributed by atoms with Gasteiger partial charge in [0, 0.05) is 0 Å². The molecule has 0 aliphatic heterocycles. The minimum Gasteiger partial charge on any atom is -0.480 e. The molecule has 0 aliphatic carbocycles. The van der Waals surface area contributed by atoms with E-state index in [0.29, 0.717) is 0 Å². The molecule has 2 N–H and O–H groups in total. The maximum absolute atomic E-state index is 10.7. The molecule has 1 radical (unpaired) electrons. The second kappa shape index (κ2) is 3.35. The van der Waals surface area contributed by atoms with Gasteiger partial charge in [-0.1, -0.05) is 0 Å². The van der Waals surface area contributed by atoms with Gasteiger partial charge in [0.1, 0.15) is 6.54 Å². The zero-order chi connectivity index (χ0) is 10.0. The van der Waals surface area contributed by atoms with Crippen LogP contribution >= 0.6 is 12.6 Å². The Morgan fingerprint density at radius 2 is 2.23 bits per heavy atom. The van der Waals surface area contributed by atoms with Crippen molar-refractivity contribution in [3.63, 3.8) is 0 Å². The molecule has 0 aromatic carbocycles. The first-order valence-corrected chi connectivity index (χ1v) is 3.51. The number of H-pyrrole nitrogens is 1. The Kier molecular flexibility index (Phi) is 2.42. The molecule has 0 saturated heterocycles. The maximum atomic E-state index is 10.7. The van der Waals surface area contributed by atoms with Crippen LogP contribution < -0.4 is 11.1 Å². The number of carbonyl (C=O) groups is 1. The van der Waals surface area contributed by atoms with Crippen molar-refractivity contribution in [2.24, 2.45) is 0 Å². The Balaban J connectivity index is 3.24. The van der Waals surface area contributed by atoms with Gasteiger partial charge in [-0.05, 0) is 12.6 Å². The molecule has 7 nitrogen and oxygen atoms in total. The number of rotatable bonds is 2. The third kappa shape index (κ3) is 2.12. The lowest BCUT2D eigenvalue weighted by Gasteiger charge is -2.02. The summed E-state index contributed by atoms with van der Waals surface area (Å²) in [7, 11) is 0. The summed E-state index contributed by atoms with van der Waals surface area (Å²) in [6, 6.07) is 0. The number of nitrogens with zero attached hydrogens (tertiary/aromatic N) is 2. The first-order valence-electron chi connectivity index (χ1n) is 3.10. The third-order valence-corrected chi connectivity index (χ3v) is 1.46. The van der Waals surface area contributed by atoms with Crippen LogP contribution in [0.15, 0.2) is 14.7 Å². The highest BCUT2D eigenvalue weighted by molar-refractivity contribution is 7.80. The number of hydrogen-bond donors (Lipinski definition) is 2. The molecule has 0 fully saturated rings. The molecule has 1 aromatic heterocycles. The van der Waals surface area contributed by atoms with Crippen LogP contribution in [-0.4, -0.2) is 25.8 Å². The zero-order valence-electron chi connectivity index (χ0n) is 6.18. The van der Waals surface area contributed by atoms with Gasteiger partial charge in [0.25, 0.3) is 0 Å². The number of carboxylic acid groups (broad SMARTS) is 1. The minimum absolute atomic E-state index is 0.257. The molecule has 1 rings (SSSR count). The van der Waals surface area contributed by atoms with Gasteiger partial charge in [0.05, 0.1) is 0 Å². The summed E-state index contributed by atoms with van der Waals surface area (Å²) in [5.41, 5.74) is -2.01. The number of carboxylic acids is 1. The Hall–Kier alpha value is -1.70. The number of nitrogens with one attached hydrogen (secondary N) is 1. The fraction of sp³-hybridized carbons (Fsp3) is 0.200. The largest absolute Gasteiger partial charge is 0.480 e. The Morgan fingerprint density at radius 3 is 2.77 bits per heavy atom. The summed E-state index contributed by atoms with van der Waals surface area (Å²) in [5, 5.41) is 10.1. The van der Waals surface area contributed by atoms with E-state index in [-0.39, 0.29) is 5.16 Å². The lowest BCUT2D eigenvalue weighted by Crippen LogP contribution is -2.35. The normalized spacial score (nSPS) is 9.85. The van der Waals surface area contributed by atoms with Crippen LogP contribution in [0.2, 0.25) is 0 Å². The molecule has 69 valence electrons. The molecule has 0 saturated carbocycles. The highest BCUT2D eigenvalue weighted by atomic mass is 32.1. The molecule has 0 bridgehead atoms. The molecule has 0 atom stereocenters. The molecule has 0 aliphatic rings. The molecule has 1 heterocycles. The van der Waals surface area contributed by atoms with E-state index in [4.69, 9.17) is 5.11 Å². The third-order valence-electron chi connectivity index (χ3n) is 1.15. The standard InChI is InChI=1S/C5H4N3O4S/c9-2(10)1-8-5(13)6-3(11)4(12)7-8/h1H2,(H,7,12)(H,9,10). The number of aromatic nitrogens is 3. The van der Waals surface area contributed by atoms with Crippen molar-refractivity contribution in [3.8, 4) is 0 Å². The molecule has 0 spiro atoms. The molecule has 0 amide bonds. The van der Waals surface area contributed by atoms with Gasteiger partial charge in [0.2, 0.25) is 5.16 Å². The van der Waals surface area contributed by atoms with Crippen molar-refractivity contribution in [3.05, 3.63) is 20.7 Å².